The Kier molecular flexibility index (Phi) is 10.5. The number of fused-ring (bicyclic) bond motifs is 1. The SMILES string of the molecule is CCC=CCCOc1c(OCC=C(C)CCC=C(C)C)c(=O)oc2cc(OC(C)=O)ccc12. The molecule has 2 aromatic rings. The molecule has 178 valence electrons. The largest absolute Gasteiger partial charge is 0.488 e. The highest BCUT2D eigenvalue weighted by Crippen LogP contribution is 2.35. The van der Waals surface area contributed by atoms with E-state index in [0.29, 0.717) is 29.9 Å². The van der Waals surface area contributed by atoms with Crippen LogP contribution in [0.4, 0.5) is 0 Å². The molecule has 0 atom stereocenters. The van der Waals surface area contributed by atoms with Crippen molar-refractivity contribution in [1.29, 1.82) is 0 Å². The molecule has 0 aliphatic rings. The molecule has 6 heteroatoms. The number of ether oxygens (including phenoxy) is 3. The van der Waals surface area contributed by atoms with Gasteiger partial charge >= 0.3 is 11.6 Å². The number of hydrogen-bond donors (Lipinski definition) is 0. The van der Waals surface area contributed by atoms with Gasteiger partial charge in [0.25, 0.3) is 0 Å². The summed E-state index contributed by atoms with van der Waals surface area (Å²) in [6.45, 7) is 10.2. The van der Waals surface area contributed by atoms with Gasteiger partial charge in [-0.3, -0.25) is 4.79 Å². The Labute approximate surface area is 195 Å². The van der Waals surface area contributed by atoms with Crippen molar-refractivity contribution < 1.29 is 23.4 Å². The van der Waals surface area contributed by atoms with Gasteiger partial charge in [-0.2, -0.15) is 0 Å². The number of benzene rings is 1. The molecular formula is C27H34O6. The van der Waals surface area contributed by atoms with Crippen molar-refractivity contribution in [2.75, 3.05) is 13.2 Å². The zero-order valence-electron chi connectivity index (χ0n) is 20.2. The summed E-state index contributed by atoms with van der Waals surface area (Å²) in [5, 5.41) is 0.573. The predicted molar refractivity (Wildman–Crippen MR) is 131 cm³/mol. The van der Waals surface area contributed by atoms with Crippen LogP contribution < -0.4 is 19.8 Å². The van der Waals surface area contributed by atoms with Gasteiger partial charge in [0.05, 0.1) is 12.0 Å². The normalized spacial score (nSPS) is 11.6. The molecule has 2 rings (SSSR count). The van der Waals surface area contributed by atoms with Gasteiger partial charge in [0.1, 0.15) is 17.9 Å². The van der Waals surface area contributed by atoms with E-state index in [1.54, 1.807) is 12.1 Å². The van der Waals surface area contributed by atoms with Crippen LogP contribution in [0.5, 0.6) is 17.2 Å². The van der Waals surface area contributed by atoms with Gasteiger partial charge in [-0.1, -0.05) is 36.3 Å². The number of hydrogen-bond acceptors (Lipinski definition) is 6. The highest BCUT2D eigenvalue weighted by molar-refractivity contribution is 5.87. The Bertz CT molecular complexity index is 1080. The lowest BCUT2D eigenvalue weighted by Crippen LogP contribution is -2.11. The Morgan fingerprint density at radius 3 is 2.48 bits per heavy atom. The standard InChI is InChI=1S/C27H34O6/c1-6-7-8-9-16-30-25-23-14-13-22(32-21(5)28)18-24(23)33-27(29)26(25)31-17-15-20(4)12-10-11-19(2)3/h7-8,11,13-15,18H,6,9-10,12,16-17H2,1-5H3. The smallest absolute Gasteiger partial charge is 0.383 e. The highest BCUT2D eigenvalue weighted by atomic mass is 16.5. The number of carbonyl (C=O) groups excluding carboxylic acids is 1. The summed E-state index contributed by atoms with van der Waals surface area (Å²) < 4.78 is 22.4. The summed E-state index contributed by atoms with van der Waals surface area (Å²) in [5.74, 6) is 0.202. The van der Waals surface area contributed by atoms with E-state index in [0.717, 1.165) is 19.3 Å². The summed E-state index contributed by atoms with van der Waals surface area (Å²) in [7, 11) is 0. The van der Waals surface area contributed by atoms with Crippen LogP contribution in [0.2, 0.25) is 0 Å². The molecule has 0 N–H and O–H groups in total. The van der Waals surface area contributed by atoms with E-state index < -0.39 is 11.6 Å². The highest BCUT2D eigenvalue weighted by Gasteiger charge is 2.18. The van der Waals surface area contributed by atoms with Gasteiger partial charge < -0.3 is 18.6 Å². The molecule has 0 fully saturated rings. The Morgan fingerprint density at radius 2 is 1.79 bits per heavy atom. The monoisotopic (exact) mass is 454 g/mol. The maximum absolute atomic E-state index is 12.7. The Hall–Kier alpha value is -3.28. The molecule has 0 aliphatic heterocycles. The van der Waals surface area contributed by atoms with E-state index in [9.17, 15) is 9.59 Å². The Balaban J connectivity index is 2.29. The van der Waals surface area contributed by atoms with Crippen molar-refractivity contribution in [3.63, 3.8) is 0 Å². The second-order valence-electron chi connectivity index (χ2n) is 8.00. The molecule has 0 bridgehead atoms. The van der Waals surface area contributed by atoms with Crippen molar-refractivity contribution in [3.05, 3.63) is 64.1 Å². The molecule has 0 saturated carbocycles. The summed E-state index contributed by atoms with van der Waals surface area (Å²) in [6.07, 6.45) is 11.8. The average Bonchev–Trinajstić information content (AvgIpc) is 2.74. The minimum atomic E-state index is -0.642. The lowest BCUT2D eigenvalue weighted by Gasteiger charge is -2.13. The number of rotatable bonds is 12. The molecule has 0 amide bonds. The third-order valence-corrected chi connectivity index (χ3v) is 4.74. The van der Waals surface area contributed by atoms with E-state index in [4.69, 9.17) is 18.6 Å². The maximum Gasteiger partial charge on any atom is 0.383 e. The zero-order chi connectivity index (χ0) is 24.2. The van der Waals surface area contributed by atoms with Crippen LogP contribution in [-0.2, 0) is 4.79 Å². The summed E-state index contributed by atoms with van der Waals surface area (Å²) in [5.41, 5.74) is 2.09. The molecule has 0 radical (unpaired) electrons. The van der Waals surface area contributed by atoms with Gasteiger partial charge in [0.15, 0.2) is 5.75 Å². The fraction of sp³-hybridized carbons (Fsp3) is 0.407. The second-order valence-corrected chi connectivity index (χ2v) is 8.00. The van der Waals surface area contributed by atoms with Crippen molar-refractivity contribution >= 4 is 16.9 Å². The van der Waals surface area contributed by atoms with Gasteiger partial charge in [-0.25, -0.2) is 4.79 Å². The fourth-order valence-electron chi connectivity index (χ4n) is 3.10. The van der Waals surface area contributed by atoms with Gasteiger partial charge in [-0.05, 0) is 64.7 Å². The van der Waals surface area contributed by atoms with Crippen molar-refractivity contribution in [2.24, 2.45) is 0 Å². The summed E-state index contributed by atoms with van der Waals surface area (Å²) in [6, 6.07) is 4.82. The molecule has 0 spiro atoms. The molecule has 0 aliphatic carbocycles. The summed E-state index contributed by atoms with van der Waals surface area (Å²) in [4.78, 5) is 24.0. The molecule has 33 heavy (non-hydrogen) atoms. The van der Waals surface area contributed by atoms with E-state index in [1.165, 1.54) is 24.1 Å². The minimum Gasteiger partial charge on any atom is -0.488 e. The van der Waals surface area contributed by atoms with Crippen LogP contribution in [0.3, 0.4) is 0 Å². The molecule has 1 heterocycles. The van der Waals surface area contributed by atoms with Gasteiger partial charge in [0, 0.05) is 13.0 Å². The second kappa shape index (κ2) is 13.3. The van der Waals surface area contributed by atoms with Crippen LogP contribution in [0.15, 0.2) is 62.9 Å². The van der Waals surface area contributed by atoms with Crippen LogP contribution >= 0.6 is 0 Å². The number of allylic oxidation sites excluding steroid dienone is 4. The molecular weight excluding hydrogens is 420 g/mol. The first-order valence-corrected chi connectivity index (χ1v) is 11.3. The van der Waals surface area contributed by atoms with Crippen LogP contribution in [0.1, 0.15) is 60.3 Å². The van der Waals surface area contributed by atoms with Gasteiger partial charge in [-0.15, -0.1) is 0 Å². The first-order valence-electron chi connectivity index (χ1n) is 11.3. The molecule has 1 aromatic carbocycles. The molecule has 0 saturated heterocycles. The Morgan fingerprint density at radius 1 is 1.00 bits per heavy atom. The number of esters is 1. The topological polar surface area (TPSA) is 75.0 Å². The minimum absolute atomic E-state index is 0.0376. The van der Waals surface area contributed by atoms with Crippen molar-refractivity contribution in [1.82, 2.24) is 0 Å². The van der Waals surface area contributed by atoms with E-state index in [-0.39, 0.29) is 17.9 Å². The van der Waals surface area contributed by atoms with E-state index in [2.05, 4.69) is 32.9 Å². The van der Waals surface area contributed by atoms with Crippen molar-refractivity contribution in [3.8, 4) is 17.2 Å². The van der Waals surface area contributed by atoms with Crippen LogP contribution in [-0.4, -0.2) is 19.2 Å². The predicted octanol–water partition coefficient (Wildman–Crippen LogP) is 6.52. The van der Waals surface area contributed by atoms with Crippen molar-refractivity contribution in [2.45, 2.75) is 60.3 Å². The first kappa shape index (κ1) is 26.0. The zero-order valence-corrected chi connectivity index (χ0v) is 20.2. The van der Waals surface area contributed by atoms with E-state index >= 15 is 0 Å². The van der Waals surface area contributed by atoms with Gasteiger partial charge in [0.2, 0.25) is 5.75 Å². The first-order chi connectivity index (χ1) is 15.8. The lowest BCUT2D eigenvalue weighted by atomic mass is 10.1. The number of carbonyl (C=O) groups is 1. The lowest BCUT2D eigenvalue weighted by molar-refractivity contribution is -0.131. The van der Waals surface area contributed by atoms with Crippen LogP contribution in [0.25, 0.3) is 11.0 Å². The quantitative estimate of drug-likeness (QED) is 0.119. The fourth-order valence-corrected chi connectivity index (χ4v) is 3.10. The summed E-state index contributed by atoms with van der Waals surface area (Å²) >= 11 is 0. The average molecular weight is 455 g/mol. The molecule has 0 unspecified atom stereocenters. The van der Waals surface area contributed by atoms with E-state index in [1.807, 2.05) is 19.1 Å². The van der Waals surface area contributed by atoms with Crippen LogP contribution in [0, 0.1) is 0 Å². The molecule has 1 aromatic heterocycles. The molecule has 6 nitrogen and oxygen atoms in total. The maximum atomic E-state index is 12.7. The third-order valence-electron chi connectivity index (χ3n) is 4.74. The third kappa shape index (κ3) is 8.64.